The summed E-state index contributed by atoms with van der Waals surface area (Å²) in [6.45, 7) is 2.10. The van der Waals surface area contributed by atoms with Crippen LogP contribution in [0.25, 0.3) is 21.8 Å². The van der Waals surface area contributed by atoms with Gasteiger partial charge in [0, 0.05) is 17.7 Å². The van der Waals surface area contributed by atoms with Crippen molar-refractivity contribution < 1.29 is 4.57 Å². The normalized spacial score (nSPS) is 10.6. The van der Waals surface area contributed by atoms with Crippen LogP contribution in [0.3, 0.4) is 0 Å². The molecule has 0 amide bonds. The fourth-order valence-electron chi connectivity index (χ4n) is 3.22. The van der Waals surface area contributed by atoms with Crippen LogP contribution in [0.15, 0.2) is 72.8 Å². The summed E-state index contributed by atoms with van der Waals surface area (Å²) < 4.78 is 2.24. The number of para-hydroxylation sites is 2. The highest BCUT2D eigenvalue weighted by Gasteiger charge is 2.15. The van der Waals surface area contributed by atoms with Gasteiger partial charge in [0.2, 0.25) is 11.0 Å². The van der Waals surface area contributed by atoms with E-state index in [1.165, 1.54) is 27.4 Å². The van der Waals surface area contributed by atoms with E-state index in [1.807, 2.05) is 0 Å². The van der Waals surface area contributed by atoms with E-state index >= 15 is 0 Å². The van der Waals surface area contributed by atoms with Crippen LogP contribution in [-0.2, 0) is 7.05 Å². The highest BCUT2D eigenvalue weighted by atomic mass is 14.9. The molecule has 0 saturated heterocycles. The number of aryl methyl sites for hydroxylation is 2. The second-order valence-electron chi connectivity index (χ2n) is 6.09. The Morgan fingerprint density at radius 2 is 1.33 bits per heavy atom. The monoisotopic (exact) mass is 308 g/mol. The first-order valence-corrected chi connectivity index (χ1v) is 8.12. The van der Waals surface area contributed by atoms with Crippen molar-refractivity contribution in [2.75, 3.05) is 0 Å². The SMILES string of the molecule is Cc1cccc(C#Cc2c3ccccc3[n+](C)c3ccccc23)c1. The summed E-state index contributed by atoms with van der Waals surface area (Å²) in [7, 11) is 2.11. The van der Waals surface area contributed by atoms with Gasteiger partial charge in [-0.3, -0.25) is 0 Å². The lowest BCUT2D eigenvalue weighted by atomic mass is 10.0. The standard InChI is InChI=1S/C23H18N/c1-17-8-7-9-18(16-17)14-15-19-20-10-3-5-12-22(20)24(2)23-13-6-4-11-21(19)23/h3-13,16H,1-2H3/q+1. The molecular weight excluding hydrogens is 290 g/mol. The fourth-order valence-corrected chi connectivity index (χ4v) is 3.22. The molecule has 0 bridgehead atoms. The van der Waals surface area contributed by atoms with Gasteiger partial charge < -0.3 is 0 Å². The molecule has 114 valence electrons. The molecule has 0 unspecified atom stereocenters. The van der Waals surface area contributed by atoms with Crippen LogP contribution >= 0.6 is 0 Å². The smallest absolute Gasteiger partial charge is 0.194 e. The van der Waals surface area contributed by atoms with Crippen molar-refractivity contribution in [3.63, 3.8) is 0 Å². The van der Waals surface area contributed by atoms with E-state index in [4.69, 9.17) is 0 Å². The predicted molar refractivity (Wildman–Crippen MR) is 99.8 cm³/mol. The van der Waals surface area contributed by atoms with Crippen molar-refractivity contribution >= 4 is 21.8 Å². The molecule has 3 aromatic carbocycles. The van der Waals surface area contributed by atoms with Crippen LogP contribution in [-0.4, -0.2) is 0 Å². The summed E-state index contributed by atoms with van der Waals surface area (Å²) in [5.74, 6) is 6.78. The maximum atomic E-state index is 3.44. The van der Waals surface area contributed by atoms with Gasteiger partial charge in [0.1, 0.15) is 7.05 Å². The van der Waals surface area contributed by atoms with Gasteiger partial charge in [0.15, 0.2) is 0 Å². The van der Waals surface area contributed by atoms with Gasteiger partial charge in [-0.05, 0) is 36.8 Å². The fraction of sp³-hybridized carbons (Fsp3) is 0.0870. The number of benzene rings is 3. The minimum absolute atomic E-state index is 1.05. The molecule has 0 aliphatic carbocycles. The molecule has 0 spiro atoms. The number of rotatable bonds is 0. The zero-order valence-electron chi connectivity index (χ0n) is 13.9. The third-order valence-corrected chi connectivity index (χ3v) is 4.42. The van der Waals surface area contributed by atoms with E-state index in [0.29, 0.717) is 0 Å². The Labute approximate surface area is 142 Å². The maximum absolute atomic E-state index is 3.44. The highest BCUT2D eigenvalue weighted by molar-refractivity contribution is 5.97. The highest BCUT2D eigenvalue weighted by Crippen LogP contribution is 2.23. The molecule has 1 aromatic heterocycles. The summed E-state index contributed by atoms with van der Waals surface area (Å²) in [4.78, 5) is 0. The molecule has 0 aliphatic heterocycles. The zero-order chi connectivity index (χ0) is 16.5. The van der Waals surface area contributed by atoms with E-state index in [1.54, 1.807) is 0 Å². The molecule has 1 nitrogen and oxygen atoms in total. The molecule has 1 heteroatoms. The Morgan fingerprint density at radius 3 is 1.96 bits per heavy atom. The molecule has 4 rings (SSSR count). The summed E-state index contributed by atoms with van der Waals surface area (Å²) in [5, 5.41) is 2.39. The lowest BCUT2D eigenvalue weighted by Crippen LogP contribution is -2.30. The first-order chi connectivity index (χ1) is 11.7. The lowest BCUT2D eigenvalue weighted by molar-refractivity contribution is -0.617. The van der Waals surface area contributed by atoms with E-state index in [9.17, 15) is 0 Å². The van der Waals surface area contributed by atoms with Gasteiger partial charge >= 0.3 is 0 Å². The Kier molecular flexibility index (Phi) is 3.52. The molecule has 1 heterocycles. The molecular formula is C23H18N+. The summed E-state index contributed by atoms with van der Waals surface area (Å²) >= 11 is 0. The minimum atomic E-state index is 1.05. The minimum Gasteiger partial charge on any atom is -0.194 e. The molecule has 0 saturated carbocycles. The Hall–Kier alpha value is -3.11. The van der Waals surface area contributed by atoms with E-state index < -0.39 is 0 Å². The third kappa shape index (κ3) is 2.43. The van der Waals surface area contributed by atoms with Crippen molar-refractivity contribution in [3.8, 4) is 11.8 Å². The molecule has 0 radical (unpaired) electrons. The van der Waals surface area contributed by atoms with Crippen LogP contribution in [0.1, 0.15) is 16.7 Å². The van der Waals surface area contributed by atoms with Crippen LogP contribution < -0.4 is 4.57 Å². The number of hydrogen-bond donors (Lipinski definition) is 0. The van der Waals surface area contributed by atoms with Crippen molar-refractivity contribution in [3.05, 3.63) is 89.5 Å². The van der Waals surface area contributed by atoms with Crippen LogP contribution in [0.2, 0.25) is 0 Å². The topological polar surface area (TPSA) is 3.88 Å². The van der Waals surface area contributed by atoms with E-state index in [-0.39, 0.29) is 0 Å². The largest absolute Gasteiger partial charge is 0.214 e. The third-order valence-electron chi connectivity index (χ3n) is 4.42. The lowest BCUT2D eigenvalue weighted by Gasteiger charge is -2.05. The summed E-state index contributed by atoms with van der Waals surface area (Å²) in [6.07, 6.45) is 0. The van der Waals surface area contributed by atoms with Gasteiger partial charge in [0.05, 0.1) is 16.3 Å². The first-order valence-electron chi connectivity index (χ1n) is 8.12. The van der Waals surface area contributed by atoms with Crippen LogP contribution in [0, 0.1) is 18.8 Å². The molecule has 0 atom stereocenters. The van der Waals surface area contributed by atoms with Gasteiger partial charge in [-0.15, -0.1) is 0 Å². The summed E-state index contributed by atoms with van der Waals surface area (Å²) in [5.41, 5.74) is 5.78. The predicted octanol–water partition coefficient (Wildman–Crippen LogP) is 4.53. The number of nitrogens with zero attached hydrogens (tertiary/aromatic N) is 1. The second-order valence-corrected chi connectivity index (χ2v) is 6.09. The number of aromatic nitrogens is 1. The number of pyridine rings is 1. The zero-order valence-corrected chi connectivity index (χ0v) is 13.9. The van der Waals surface area contributed by atoms with Crippen molar-refractivity contribution in [1.29, 1.82) is 0 Å². The van der Waals surface area contributed by atoms with E-state index in [0.717, 1.165) is 11.1 Å². The first kappa shape index (κ1) is 14.5. The van der Waals surface area contributed by atoms with Crippen molar-refractivity contribution in [2.24, 2.45) is 7.05 Å². The quantitative estimate of drug-likeness (QED) is 0.255. The number of fused-ring (bicyclic) bond motifs is 2. The van der Waals surface area contributed by atoms with Crippen LogP contribution in [0.4, 0.5) is 0 Å². The molecule has 4 aromatic rings. The Morgan fingerprint density at radius 1 is 0.708 bits per heavy atom. The van der Waals surface area contributed by atoms with E-state index in [2.05, 4.69) is 103 Å². The van der Waals surface area contributed by atoms with Gasteiger partial charge in [-0.25, -0.2) is 0 Å². The van der Waals surface area contributed by atoms with Crippen molar-refractivity contribution in [2.45, 2.75) is 6.92 Å². The van der Waals surface area contributed by atoms with Gasteiger partial charge in [-0.2, -0.15) is 4.57 Å². The Bertz CT molecular complexity index is 1070. The summed E-state index contributed by atoms with van der Waals surface area (Å²) in [6, 6.07) is 25.3. The van der Waals surface area contributed by atoms with Crippen LogP contribution in [0.5, 0.6) is 0 Å². The molecule has 24 heavy (non-hydrogen) atoms. The number of hydrogen-bond acceptors (Lipinski definition) is 0. The molecule has 0 fully saturated rings. The molecule has 0 N–H and O–H groups in total. The van der Waals surface area contributed by atoms with Gasteiger partial charge in [-0.1, -0.05) is 48.2 Å². The van der Waals surface area contributed by atoms with Crippen molar-refractivity contribution in [1.82, 2.24) is 0 Å². The Balaban J connectivity index is 2.05. The molecule has 0 aliphatic rings. The second kappa shape index (κ2) is 5.83. The maximum Gasteiger partial charge on any atom is 0.214 e. The van der Waals surface area contributed by atoms with Gasteiger partial charge in [0.25, 0.3) is 0 Å². The average Bonchev–Trinajstić information content (AvgIpc) is 2.62. The average molecular weight is 308 g/mol.